The van der Waals surface area contributed by atoms with Crippen molar-refractivity contribution in [3.8, 4) is 0 Å². The highest BCUT2D eigenvalue weighted by molar-refractivity contribution is 7.89. The molecule has 8 nitrogen and oxygen atoms in total. The summed E-state index contributed by atoms with van der Waals surface area (Å²) in [6, 6.07) is 9.82. The van der Waals surface area contributed by atoms with Crippen LogP contribution in [0.25, 0.3) is 10.9 Å². The highest BCUT2D eigenvalue weighted by atomic mass is 32.2. The van der Waals surface area contributed by atoms with Crippen molar-refractivity contribution in [2.75, 3.05) is 23.3 Å². The topological polar surface area (TPSA) is 118 Å². The van der Waals surface area contributed by atoms with Crippen LogP contribution in [0.5, 0.6) is 0 Å². The maximum atomic E-state index is 14.1. The molecule has 1 atom stereocenters. The molecule has 4 rings (SSSR count). The average molecular weight is 476 g/mol. The van der Waals surface area contributed by atoms with Gasteiger partial charge in [0.05, 0.1) is 11.1 Å². The zero-order valence-corrected chi connectivity index (χ0v) is 18.9. The molecule has 1 fully saturated rings. The number of primary sulfonamides is 1. The number of fused-ring (bicyclic) bond motifs is 1. The van der Waals surface area contributed by atoms with Gasteiger partial charge in [-0.1, -0.05) is 18.6 Å². The predicted molar refractivity (Wildman–Crippen MR) is 121 cm³/mol. The Bertz CT molecular complexity index is 1350. The summed E-state index contributed by atoms with van der Waals surface area (Å²) in [6.07, 6.45) is 0.873. The van der Waals surface area contributed by atoms with Gasteiger partial charge in [-0.3, -0.25) is 4.79 Å². The summed E-state index contributed by atoms with van der Waals surface area (Å²) in [4.78, 5) is 23.3. The molecule has 3 aromatic rings. The number of halogens is 2. The van der Waals surface area contributed by atoms with Crippen LogP contribution in [0.1, 0.15) is 29.3 Å². The SMILES string of the molecule is Cc1ccc2nc(N3CCC(F)(F)C(C)C3)c(C(=O)Nc3ccnc(S(N)(=O)=O)c3)cc2c1. The molecule has 0 saturated carbocycles. The fourth-order valence-corrected chi connectivity index (χ4v) is 4.31. The zero-order chi connectivity index (χ0) is 24.0. The molecular formula is C22H23F2N5O3S. The first-order valence-corrected chi connectivity index (χ1v) is 11.8. The molecule has 11 heteroatoms. The molecule has 3 heterocycles. The van der Waals surface area contributed by atoms with Crippen LogP contribution in [-0.2, 0) is 10.0 Å². The van der Waals surface area contributed by atoms with Crippen LogP contribution in [0.3, 0.4) is 0 Å². The largest absolute Gasteiger partial charge is 0.355 e. The minimum Gasteiger partial charge on any atom is -0.355 e. The van der Waals surface area contributed by atoms with Crippen molar-refractivity contribution in [3.63, 3.8) is 0 Å². The molecule has 174 valence electrons. The summed E-state index contributed by atoms with van der Waals surface area (Å²) in [5, 5.41) is 8.10. The Labute approximate surface area is 189 Å². The molecule has 1 aliphatic rings. The highest BCUT2D eigenvalue weighted by Gasteiger charge is 2.42. The van der Waals surface area contributed by atoms with Gasteiger partial charge in [0, 0.05) is 48.8 Å². The maximum Gasteiger partial charge on any atom is 0.259 e. The number of pyridine rings is 2. The first kappa shape index (κ1) is 23.0. The molecule has 1 aliphatic heterocycles. The number of carbonyl (C=O) groups is 1. The van der Waals surface area contributed by atoms with Gasteiger partial charge in [0.15, 0.2) is 5.03 Å². The van der Waals surface area contributed by atoms with E-state index >= 15 is 0 Å². The normalized spacial score (nSPS) is 18.3. The van der Waals surface area contributed by atoms with Crippen LogP contribution in [0.2, 0.25) is 0 Å². The number of anilines is 2. The van der Waals surface area contributed by atoms with E-state index in [0.29, 0.717) is 11.3 Å². The van der Waals surface area contributed by atoms with Gasteiger partial charge in [0.25, 0.3) is 21.9 Å². The molecule has 33 heavy (non-hydrogen) atoms. The van der Waals surface area contributed by atoms with Crippen molar-refractivity contribution in [1.82, 2.24) is 9.97 Å². The van der Waals surface area contributed by atoms with E-state index in [0.717, 1.165) is 17.0 Å². The Hall–Kier alpha value is -3.18. The number of piperidine rings is 1. The molecule has 0 aliphatic carbocycles. The standard InChI is InChI=1S/C22H23F2N5O3S/c1-13-3-4-18-15(9-13)10-17(20(28-18)29-8-6-22(23,24)14(2)12-29)21(30)27-16-5-7-26-19(11-16)33(25,31)32/h3-5,7,9-11,14H,6,8,12H2,1-2H3,(H2,25,31,32)(H,26,27,30). The summed E-state index contributed by atoms with van der Waals surface area (Å²) in [7, 11) is -4.06. The third kappa shape index (κ3) is 4.79. The minimum atomic E-state index is -4.06. The van der Waals surface area contributed by atoms with Gasteiger partial charge in [0.2, 0.25) is 0 Å². The van der Waals surface area contributed by atoms with Crippen molar-refractivity contribution >= 4 is 38.3 Å². The van der Waals surface area contributed by atoms with E-state index in [4.69, 9.17) is 5.14 Å². The molecule has 1 saturated heterocycles. The van der Waals surface area contributed by atoms with Crippen LogP contribution >= 0.6 is 0 Å². The zero-order valence-electron chi connectivity index (χ0n) is 18.0. The number of benzene rings is 1. The summed E-state index contributed by atoms with van der Waals surface area (Å²) < 4.78 is 51.3. The molecule has 0 bridgehead atoms. The molecule has 1 unspecified atom stereocenters. The van der Waals surface area contributed by atoms with E-state index in [9.17, 15) is 22.0 Å². The van der Waals surface area contributed by atoms with Crippen molar-refractivity contribution in [2.45, 2.75) is 31.2 Å². The lowest BCUT2D eigenvalue weighted by atomic mass is 9.95. The Morgan fingerprint density at radius 3 is 2.70 bits per heavy atom. The molecule has 0 radical (unpaired) electrons. The van der Waals surface area contributed by atoms with E-state index in [1.54, 1.807) is 11.0 Å². The monoisotopic (exact) mass is 475 g/mol. The first-order valence-electron chi connectivity index (χ1n) is 10.3. The molecule has 1 aromatic carbocycles. The predicted octanol–water partition coefficient (Wildman–Crippen LogP) is 3.32. The molecule has 3 N–H and O–H groups in total. The maximum absolute atomic E-state index is 14.1. The summed E-state index contributed by atoms with van der Waals surface area (Å²) in [5.41, 5.74) is 1.98. The van der Waals surface area contributed by atoms with Gasteiger partial charge in [0.1, 0.15) is 5.82 Å². The number of rotatable bonds is 4. The fourth-order valence-electron chi connectivity index (χ4n) is 3.81. The number of hydrogen-bond donors (Lipinski definition) is 2. The van der Waals surface area contributed by atoms with Crippen molar-refractivity contribution in [3.05, 3.63) is 53.7 Å². The third-order valence-electron chi connectivity index (χ3n) is 5.71. The minimum absolute atomic E-state index is 0.0441. The van der Waals surface area contributed by atoms with E-state index in [1.165, 1.54) is 19.2 Å². The van der Waals surface area contributed by atoms with E-state index in [-0.39, 0.29) is 35.8 Å². The average Bonchev–Trinajstić information content (AvgIpc) is 2.74. The van der Waals surface area contributed by atoms with E-state index in [2.05, 4.69) is 15.3 Å². The van der Waals surface area contributed by atoms with Crippen LogP contribution in [0.15, 0.2) is 47.6 Å². The van der Waals surface area contributed by atoms with Crippen LogP contribution < -0.4 is 15.4 Å². The van der Waals surface area contributed by atoms with Gasteiger partial charge in [-0.15, -0.1) is 0 Å². The van der Waals surface area contributed by atoms with Crippen molar-refractivity contribution in [2.24, 2.45) is 11.1 Å². The number of nitrogens with zero attached hydrogens (tertiary/aromatic N) is 3. The number of carbonyl (C=O) groups excluding carboxylic acids is 1. The Morgan fingerprint density at radius 1 is 1.24 bits per heavy atom. The van der Waals surface area contributed by atoms with Gasteiger partial charge >= 0.3 is 0 Å². The van der Waals surface area contributed by atoms with Crippen molar-refractivity contribution in [1.29, 1.82) is 0 Å². The molecule has 1 amide bonds. The highest BCUT2D eigenvalue weighted by Crippen LogP contribution is 2.36. The Balaban J connectivity index is 1.75. The summed E-state index contributed by atoms with van der Waals surface area (Å²) >= 11 is 0. The first-order chi connectivity index (χ1) is 15.4. The third-order valence-corrected chi connectivity index (χ3v) is 6.52. The lowest BCUT2D eigenvalue weighted by Gasteiger charge is -2.38. The number of amides is 1. The number of alkyl halides is 2. The second kappa shape index (κ2) is 8.31. The number of hydrogen-bond acceptors (Lipinski definition) is 6. The number of aryl methyl sites for hydroxylation is 1. The lowest BCUT2D eigenvalue weighted by Crippen LogP contribution is -2.46. The lowest BCUT2D eigenvalue weighted by molar-refractivity contribution is -0.0652. The van der Waals surface area contributed by atoms with Crippen LogP contribution in [0.4, 0.5) is 20.3 Å². The second-order valence-corrected chi connectivity index (χ2v) is 9.80. The van der Waals surface area contributed by atoms with Gasteiger partial charge < -0.3 is 10.2 Å². The van der Waals surface area contributed by atoms with Crippen LogP contribution in [-0.4, -0.2) is 43.3 Å². The van der Waals surface area contributed by atoms with E-state index in [1.807, 2.05) is 25.1 Å². The molecular weight excluding hydrogens is 452 g/mol. The van der Waals surface area contributed by atoms with Gasteiger partial charge in [-0.25, -0.2) is 32.3 Å². The van der Waals surface area contributed by atoms with Crippen LogP contribution in [0, 0.1) is 12.8 Å². The van der Waals surface area contributed by atoms with E-state index < -0.39 is 27.8 Å². The van der Waals surface area contributed by atoms with Crippen molar-refractivity contribution < 1.29 is 22.0 Å². The number of sulfonamides is 1. The van der Waals surface area contributed by atoms with Gasteiger partial charge in [-0.2, -0.15) is 0 Å². The van der Waals surface area contributed by atoms with Gasteiger partial charge in [-0.05, 0) is 31.2 Å². The smallest absolute Gasteiger partial charge is 0.259 e. The quantitative estimate of drug-likeness (QED) is 0.598. The summed E-state index contributed by atoms with van der Waals surface area (Å²) in [5.74, 6) is -3.95. The second-order valence-electron chi connectivity index (χ2n) is 8.30. The Kier molecular flexibility index (Phi) is 5.79. The number of nitrogens with two attached hydrogens (primary N) is 1. The number of nitrogens with one attached hydrogen (secondary N) is 1. The Morgan fingerprint density at radius 2 is 2.00 bits per heavy atom. The number of aromatic nitrogens is 2. The molecule has 0 spiro atoms. The summed E-state index contributed by atoms with van der Waals surface area (Å²) in [6.45, 7) is 3.48. The fraction of sp³-hybridized carbons (Fsp3) is 0.318. The molecule has 2 aromatic heterocycles.